The van der Waals surface area contributed by atoms with E-state index in [1.165, 1.54) is 19.3 Å². The summed E-state index contributed by atoms with van der Waals surface area (Å²) in [6, 6.07) is 0. The molecule has 0 atom stereocenters. The molecule has 1 fully saturated rings. The van der Waals surface area contributed by atoms with E-state index in [0.717, 1.165) is 71.4 Å². The summed E-state index contributed by atoms with van der Waals surface area (Å²) in [5.41, 5.74) is -0.385. The van der Waals surface area contributed by atoms with Crippen LogP contribution in [0.25, 0.3) is 0 Å². The van der Waals surface area contributed by atoms with Crippen molar-refractivity contribution < 1.29 is 14.6 Å². The number of hydrogen-bond acceptors (Lipinski definition) is 6. The topological polar surface area (TPSA) is 48.4 Å². The fourth-order valence-electron chi connectivity index (χ4n) is 3.97. The lowest BCUT2D eigenvalue weighted by Gasteiger charge is -2.37. The lowest BCUT2D eigenvalue weighted by molar-refractivity contribution is -0.135. The molecule has 0 amide bonds. The number of aliphatic hydroxyl groups is 1. The summed E-state index contributed by atoms with van der Waals surface area (Å²) in [5, 5.41) is 9.36. The Hall–Kier alpha value is -0.240. The first kappa shape index (κ1) is 30.8. The van der Waals surface area contributed by atoms with Gasteiger partial charge in [0.15, 0.2) is 0 Å². The molecule has 6 nitrogen and oxygen atoms in total. The number of rotatable bonds is 18. The Morgan fingerprint density at radius 2 is 1.39 bits per heavy atom. The van der Waals surface area contributed by atoms with Crippen LogP contribution in [0.15, 0.2) is 0 Å². The van der Waals surface area contributed by atoms with Gasteiger partial charge in [0.05, 0.1) is 31.0 Å². The van der Waals surface area contributed by atoms with Gasteiger partial charge in [-0.1, -0.05) is 27.7 Å². The molecule has 0 bridgehead atoms. The molecule has 0 saturated carbocycles. The van der Waals surface area contributed by atoms with Crippen LogP contribution in [-0.2, 0) is 9.47 Å². The van der Waals surface area contributed by atoms with Gasteiger partial charge in [0, 0.05) is 39.3 Å². The molecule has 198 valence electrons. The van der Waals surface area contributed by atoms with Crippen molar-refractivity contribution in [3.63, 3.8) is 0 Å². The van der Waals surface area contributed by atoms with Crippen molar-refractivity contribution in [3.05, 3.63) is 0 Å². The van der Waals surface area contributed by atoms with Gasteiger partial charge >= 0.3 is 0 Å². The summed E-state index contributed by atoms with van der Waals surface area (Å²) in [4.78, 5) is 7.55. The molecule has 1 heterocycles. The van der Waals surface area contributed by atoms with Crippen LogP contribution in [0.4, 0.5) is 0 Å². The van der Waals surface area contributed by atoms with Crippen LogP contribution in [-0.4, -0.2) is 110 Å². The zero-order valence-electron chi connectivity index (χ0n) is 23.4. The van der Waals surface area contributed by atoms with E-state index in [2.05, 4.69) is 70.1 Å². The second-order valence-electron chi connectivity index (χ2n) is 11.8. The molecule has 0 spiro atoms. The Labute approximate surface area is 206 Å². The summed E-state index contributed by atoms with van der Waals surface area (Å²) < 4.78 is 12.3. The van der Waals surface area contributed by atoms with Crippen LogP contribution in [0.2, 0.25) is 0 Å². The molecule has 33 heavy (non-hydrogen) atoms. The fraction of sp³-hybridized carbons (Fsp3) is 1.00. The quantitative estimate of drug-likeness (QED) is 0.326. The molecule has 1 saturated heterocycles. The number of ether oxygens (including phenoxy) is 2. The smallest absolute Gasteiger partial charge is 0.0859 e. The highest BCUT2D eigenvalue weighted by Gasteiger charge is 2.28. The van der Waals surface area contributed by atoms with E-state index in [4.69, 9.17) is 9.47 Å². The van der Waals surface area contributed by atoms with E-state index in [1.54, 1.807) is 0 Å². The molecule has 0 aromatic carbocycles. The largest absolute Gasteiger partial charge is 0.395 e. The molecule has 1 aliphatic heterocycles. The molecule has 0 radical (unpaired) electrons. The van der Waals surface area contributed by atoms with Crippen LogP contribution in [0.5, 0.6) is 0 Å². The van der Waals surface area contributed by atoms with Crippen molar-refractivity contribution in [1.82, 2.24) is 14.7 Å². The summed E-state index contributed by atoms with van der Waals surface area (Å²) in [7, 11) is 0. The van der Waals surface area contributed by atoms with E-state index in [1.807, 2.05) is 0 Å². The van der Waals surface area contributed by atoms with Gasteiger partial charge in [-0.05, 0) is 78.4 Å². The van der Waals surface area contributed by atoms with Gasteiger partial charge in [-0.2, -0.15) is 0 Å². The highest BCUT2D eigenvalue weighted by Crippen LogP contribution is 2.23. The second-order valence-corrected chi connectivity index (χ2v) is 11.8. The third-order valence-corrected chi connectivity index (χ3v) is 7.17. The van der Waals surface area contributed by atoms with E-state index in [9.17, 15) is 5.11 Å². The van der Waals surface area contributed by atoms with Crippen LogP contribution < -0.4 is 0 Å². The highest BCUT2D eigenvalue weighted by molar-refractivity contribution is 4.77. The molecule has 1 rings (SSSR count). The van der Waals surface area contributed by atoms with E-state index in [-0.39, 0.29) is 17.8 Å². The first-order valence-electron chi connectivity index (χ1n) is 13.5. The van der Waals surface area contributed by atoms with Crippen molar-refractivity contribution >= 4 is 0 Å². The zero-order chi connectivity index (χ0) is 24.9. The summed E-state index contributed by atoms with van der Waals surface area (Å²) in [6.07, 6.45) is 3.69. The Bertz CT molecular complexity index is 489. The molecule has 1 aliphatic rings. The number of piperazine rings is 1. The lowest BCUT2D eigenvalue weighted by Crippen LogP contribution is -2.48. The molecular formula is C27H57N3O3. The van der Waals surface area contributed by atoms with Crippen molar-refractivity contribution in [2.75, 3.05) is 78.7 Å². The maximum Gasteiger partial charge on any atom is 0.0859 e. The third kappa shape index (κ3) is 14.0. The Balaban J connectivity index is 2.19. The Morgan fingerprint density at radius 1 is 0.818 bits per heavy atom. The van der Waals surface area contributed by atoms with Gasteiger partial charge < -0.3 is 24.4 Å². The predicted molar refractivity (Wildman–Crippen MR) is 140 cm³/mol. The normalized spacial score (nSPS) is 17.1. The maximum absolute atomic E-state index is 9.36. The fourth-order valence-corrected chi connectivity index (χ4v) is 3.97. The van der Waals surface area contributed by atoms with Crippen LogP contribution >= 0.6 is 0 Å². The minimum atomic E-state index is -0.260. The molecule has 6 heteroatoms. The van der Waals surface area contributed by atoms with E-state index >= 15 is 0 Å². The highest BCUT2D eigenvalue weighted by atomic mass is 16.6. The molecule has 0 aliphatic carbocycles. The molecule has 0 unspecified atom stereocenters. The van der Waals surface area contributed by atoms with Crippen molar-refractivity contribution in [2.24, 2.45) is 11.8 Å². The minimum absolute atomic E-state index is 0.125. The summed E-state index contributed by atoms with van der Waals surface area (Å²) in [6.45, 7) is 28.9. The average molecular weight is 472 g/mol. The maximum atomic E-state index is 9.36. The van der Waals surface area contributed by atoms with Crippen molar-refractivity contribution in [1.29, 1.82) is 0 Å². The Kier molecular flexibility index (Phi) is 14.6. The average Bonchev–Trinajstić information content (AvgIpc) is 2.73. The van der Waals surface area contributed by atoms with E-state index in [0.29, 0.717) is 12.5 Å². The van der Waals surface area contributed by atoms with Crippen LogP contribution in [0.3, 0.4) is 0 Å². The van der Waals surface area contributed by atoms with Gasteiger partial charge in [-0.3, -0.25) is 4.90 Å². The number of aliphatic hydroxyl groups excluding tert-OH is 1. The number of nitrogens with zero attached hydrogens (tertiary/aromatic N) is 3. The van der Waals surface area contributed by atoms with Gasteiger partial charge in [0.2, 0.25) is 0 Å². The first-order chi connectivity index (χ1) is 15.4. The van der Waals surface area contributed by atoms with Gasteiger partial charge in [-0.15, -0.1) is 0 Å². The first-order valence-corrected chi connectivity index (χ1v) is 13.5. The summed E-state index contributed by atoms with van der Waals surface area (Å²) in [5.74, 6) is 1.24. The van der Waals surface area contributed by atoms with Crippen LogP contribution in [0.1, 0.15) is 74.7 Å². The second kappa shape index (κ2) is 15.7. The monoisotopic (exact) mass is 471 g/mol. The van der Waals surface area contributed by atoms with Gasteiger partial charge in [-0.25, -0.2) is 0 Å². The standard InChI is InChI=1S/C27H57N3O3/c1-24(2)11-9-12-28(19-21-31)13-10-14-29-15-17-30(18-16-29)20-22-32-26(5,6)23-33-27(7,8)25(3)4/h24-25,31H,9-23H2,1-8H3. The molecule has 0 aromatic rings. The third-order valence-electron chi connectivity index (χ3n) is 7.17. The number of hydrogen-bond donors (Lipinski definition) is 1. The van der Waals surface area contributed by atoms with Gasteiger partial charge in [0.25, 0.3) is 0 Å². The zero-order valence-corrected chi connectivity index (χ0v) is 23.4. The van der Waals surface area contributed by atoms with E-state index < -0.39 is 0 Å². The Morgan fingerprint density at radius 3 is 1.94 bits per heavy atom. The van der Waals surface area contributed by atoms with Crippen molar-refractivity contribution in [3.8, 4) is 0 Å². The van der Waals surface area contributed by atoms with Gasteiger partial charge in [0.1, 0.15) is 0 Å². The molecular weight excluding hydrogens is 414 g/mol. The minimum Gasteiger partial charge on any atom is -0.395 e. The van der Waals surface area contributed by atoms with Crippen LogP contribution in [0, 0.1) is 11.8 Å². The molecule has 0 aromatic heterocycles. The lowest BCUT2D eigenvalue weighted by atomic mass is 9.94. The summed E-state index contributed by atoms with van der Waals surface area (Å²) >= 11 is 0. The molecule has 1 N–H and O–H groups in total. The van der Waals surface area contributed by atoms with Crippen molar-refractivity contribution in [2.45, 2.75) is 85.9 Å². The predicted octanol–water partition coefficient (Wildman–Crippen LogP) is 3.97. The SMILES string of the molecule is CC(C)CCCN(CCO)CCCN1CCN(CCOC(C)(C)COC(C)(C)C(C)C)CC1.